The van der Waals surface area contributed by atoms with Gasteiger partial charge in [0.1, 0.15) is 11.4 Å². The highest BCUT2D eigenvalue weighted by atomic mass is 32.2. The Morgan fingerprint density at radius 3 is 2.45 bits per heavy atom. The van der Waals surface area contributed by atoms with Gasteiger partial charge in [0.25, 0.3) is 5.91 Å². The van der Waals surface area contributed by atoms with Gasteiger partial charge in [-0.15, -0.1) is 0 Å². The molecule has 1 aliphatic heterocycles. The molecule has 0 saturated carbocycles. The molecule has 6 nitrogen and oxygen atoms in total. The lowest BCUT2D eigenvalue weighted by Gasteiger charge is -2.32. The summed E-state index contributed by atoms with van der Waals surface area (Å²) in [4.78, 5) is 14.2. The zero-order valence-corrected chi connectivity index (χ0v) is 18.2. The van der Waals surface area contributed by atoms with Gasteiger partial charge in [-0.2, -0.15) is 0 Å². The van der Waals surface area contributed by atoms with Crippen molar-refractivity contribution in [2.75, 3.05) is 12.6 Å². The molecule has 0 bridgehead atoms. The van der Waals surface area contributed by atoms with E-state index in [-0.39, 0.29) is 18.8 Å². The second kappa shape index (κ2) is 9.02. The SMILES string of the molecule is CC(C)(O)C(=O)N1CC[C@H](NS(=O)(=O)CF)[C@@H]1Cc1cccc(-c2cccc(F)c2)c1. The number of aliphatic hydroxyl groups is 1. The van der Waals surface area contributed by atoms with Crippen molar-refractivity contribution in [2.45, 2.75) is 44.4 Å². The highest BCUT2D eigenvalue weighted by Gasteiger charge is 2.42. The number of rotatable bonds is 7. The number of carbonyl (C=O) groups excluding carboxylic acids is 1. The van der Waals surface area contributed by atoms with Crippen LogP contribution >= 0.6 is 0 Å². The van der Waals surface area contributed by atoms with Crippen LogP contribution in [0, 0.1) is 5.82 Å². The number of hydrogen-bond donors (Lipinski definition) is 2. The minimum atomic E-state index is -4.13. The van der Waals surface area contributed by atoms with E-state index in [0.717, 1.165) is 11.1 Å². The van der Waals surface area contributed by atoms with Gasteiger partial charge >= 0.3 is 0 Å². The number of sulfonamides is 1. The summed E-state index contributed by atoms with van der Waals surface area (Å²) in [6.07, 6.45) is 0.583. The van der Waals surface area contributed by atoms with Crippen LogP contribution in [0.1, 0.15) is 25.8 Å². The number of hydrogen-bond acceptors (Lipinski definition) is 4. The first-order valence-electron chi connectivity index (χ1n) is 9.94. The van der Waals surface area contributed by atoms with Gasteiger partial charge in [0.05, 0.1) is 6.04 Å². The van der Waals surface area contributed by atoms with Crippen LogP contribution < -0.4 is 4.72 Å². The number of amides is 1. The van der Waals surface area contributed by atoms with E-state index < -0.39 is 39.6 Å². The van der Waals surface area contributed by atoms with Crippen LogP contribution in [0.25, 0.3) is 11.1 Å². The molecular weight excluding hydrogens is 426 g/mol. The minimum Gasteiger partial charge on any atom is -0.381 e. The van der Waals surface area contributed by atoms with Crippen molar-refractivity contribution in [3.8, 4) is 11.1 Å². The van der Waals surface area contributed by atoms with Gasteiger partial charge in [0.2, 0.25) is 16.0 Å². The summed E-state index contributed by atoms with van der Waals surface area (Å²) in [6, 6.07) is 10.6. The lowest BCUT2D eigenvalue weighted by atomic mass is 9.96. The fourth-order valence-corrected chi connectivity index (χ4v) is 4.70. The van der Waals surface area contributed by atoms with Crippen LogP contribution in [-0.4, -0.2) is 54.6 Å². The van der Waals surface area contributed by atoms with Gasteiger partial charge in [-0.05, 0) is 55.5 Å². The predicted molar refractivity (Wildman–Crippen MR) is 114 cm³/mol. The highest BCUT2D eigenvalue weighted by molar-refractivity contribution is 7.89. The molecule has 31 heavy (non-hydrogen) atoms. The third-order valence-corrected chi connectivity index (χ3v) is 6.28. The predicted octanol–water partition coefficient (Wildman–Crippen LogP) is 2.62. The molecule has 2 N–H and O–H groups in total. The Hall–Kier alpha value is -2.36. The monoisotopic (exact) mass is 452 g/mol. The zero-order chi connectivity index (χ0) is 22.8. The number of halogens is 2. The lowest BCUT2D eigenvalue weighted by molar-refractivity contribution is -0.148. The van der Waals surface area contributed by atoms with E-state index in [9.17, 15) is 27.1 Å². The molecule has 2 aromatic rings. The van der Waals surface area contributed by atoms with E-state index in [2.05, 4.69) is 4.72 Å². The van der Waals surface area contributed by atoms with Crippen LogP contribution in [0.5, 0.6) is 0 Å². The first-order chi connectivity index (χ1) is 14.5. The largest absolute Gasteiger partial charge is 0.381 e. The van der Waals surface area contributed by atoms with Gasteiger partial charge in [0, 0.05) is 12.6 Å². The van der Waals surface area contributed by atoms with Gasteiger partial charge in [0.15, 0.2) is 0 Å². The Balaban J connectivity index is 1.91. The maximum atomic E-state index is 13.6. The molecule has 0 spiro atoms. The number of likely N-dealkylation sites (tertiary alicyclic amines) is 1. The highest BCUT2D eigenvalue weighted by Crippen LogP contribution is 2.28. The maximum Gasteiger partial charge on any atom is 0.254 e. The standard InChI is InChI=1S/C22H26F2N2O4S/c1-22(2,28)21(27)26-10-9-19(25-31(29,30)14-23)20(26)12-15-5-3-6-16(11-15)17-7-4-8-18(24)13-17/h3-8,11,13,19-20,25,28H,9-10,12,14H2,1-2H3/t19-,20-/m0/s1. The topological polar surface area (TPSA) is 86.7 Å². The molecule has 1 aliphatic rings. The number of nitrogens with zero attached hydrogens (tertiary/aromatic N) is 1. The molecule has 9 heteroatoms. The van der Waals surface area contributed by atoms with Crippen molar-refractivity contribution in [1.82, 2.24) is 9.62 Å². The summed E-state index contributed by atoms with van der Waals surface area (Å²) in [5, 5.41) is 10.2. The fraction of sp³-hybridized carbons (Fsp3) is 0.409. The molecule has 2 atom stereocenters. The molecule has 0 unspecified atom stereocenters. The summed E-state index contributed by atoms with van der Waals surface area (Å²) in [5.74, 6) is -0.887. The number of nitrogens with one attached hydrogen (secondary N) is 1. The Kier molecular flexibility index (Phi) is 6.78. The number of alkyl halides is 1. The Morgan fingerprint density at radius 1 is 1.19 bits per heavy atom. The summed E-state index contributed by atoms with van der Waals surface area (Å²) in [6.45, 7) is 2.97. The maximum absolute atomic E-state index is 13.6. The molecule has 0 aliphatic carbocycles. The van der Waals surface area contributed by atoms with Crippen molar-refractivity contribution in [2.24, 2.45) is 0 Å². The summed E-state index contributed by atoms with van der Waals surface area (Å²) < 4.78 is 52.5. The third-order valence-electron chi connectivity index (χ3n) is 5.33. The first kappa shape index (κ1) is 23.3. The fourth-order valence-electron chi connectivity index (χ4n) is 3.90. The van der Waals surface area contributed by atoms with Gasteiger partial charge in [-0.25, -0.2) is 21.9 Å². The smallest absolute Gasteiger partial charge is 0.254 e. The summed E-state index contributed by atoms with van der Waals surface area (Å²) >= 11 is 0. The summed E-state index contributed by atoms with van der Waals surface area (Å²) in [7, 11) is -4.13. The van der Waals surface area contributed by atoms with Crippen LogP contribution in [-0.2, 0) is 21.2 Å². The van der Waals surface area contributed by atoms with Crippen LogP contribution in [0.4, 0.5) is 8.78 Å². The van der Waals surface area contributed by atoms with E-state index in [4.69, 9.17) is 0 Å². The molecular formula is C22H26F2N2O4S. The van der Waals surface area contributed by atoms with Gasteiger partial charge in [-0.3, -0.25) is 4.79 Å². The molecule has 168 valence electrons. The summed E-state index contributed by atoms with van der Waals surface area (Å²) in [5.41, 5.74) is 0.630. The van der Waals surface area contributed by atoms with Crippen molar-refractivity contribution < 1.29 is 27.1 Å². The third kappa shape index (κ3) is 5.66. The number of carbonyl (C=O) groups is 1. The van der Waals surface area contributed by atoms with Crippen molar-refractivity contribution in [1.29, 1.82) is 0 Å². The molecule has 1 saturated heterocycles. The van der Waals surface area contributed by atoms with E-state index in [0.29, 0.717) is 12.0 Å². The first-order valence-corrected chi connectivity index (χ1v) is 11.6. The van der Waals surface area contributed by atoms with E-state index in [1.165, 1.54) is 30.9 Å². The van der Waals surface area contributed by atoms with Crippen molar-refractivity contribution in [3.63, 3.8) is 0 Å². The molecule has 1 fully saturated rings. The molecule has 1 heterocycles. The van der Waals surface area contributed by atoms with Crippen LogP contribution in [0.15, 0.2) is 48.5 Å². The van der Waals surface area contributed by atoms with Gasteiger partial charge in [-0.1, -0.05) is 36.4 Å². The molecule has 0 aromatic heterocycles. The molecule has 1 amide bonds. The van der Waals surface area contributed by atoms with Crippen molar-refractivity contribution >= 4 is 15.9 Å². The Morgan fingerprint density at radius 2 is 1.84 bits per heavy atom. The average Bonchev–Trinajstić information content (AvgIpc) is 3.08. The Bertz CT molecular complexity index is 1050. The van der Waals surface area contributed by atoms with E-state index >= 15 is 0 Å². The average molecular weight is 453 g/mol. The van der Waals surface area contributed by atoms with Gasteiger partial charge < -0.3 is 10.0 Å². The molecule has 0 radical (unpaired) electrons. The normalized spacial score (nSPS) is 19.6. The molecule has 2 aromatic carbocycles. The zero-order valence-electron chi connectivity index (χ0n) is 17.4. The van der Waals surface area contributed by atoms with E-state index in [1.54, 1.807) is 18.2 Å². The quantitative estimate of drug-likeness (QED) is 0.676. The van der Waals surface area contributed by atoms with Crippen LogP contribution in [0.3, 0.4) is 0 Å². The second-order valence-corrected chi connectivity index (χ2v) is 9.96. The Labute approximate surface area is 180 Å². The second-order valence-electron chi connectivity index (χ2n) is 8.28. The number of benzene rings is 2. The molecule has 3 rings (SSSR count). The van der Waals surface area contributed by atoms with Crippen molar-refractivity contribution in [3.05, 3.63) is 59.9 Å². The van der Waals surface area contributed by atoms with Crippen LogP contribution in [0.2, 0.25) is 0 Å². The lowest BCUT2D eigenvalue weighted by Crippen LogP contribution is -2.52. The van der Waals surface area contributed by atoms with E-state index in [1.807, 2.05) is 18.2 Å². The minimum absolute atomic E-state index is 0.233.